The topological polar surface area (TPSA) is 105 Å². The minimum atomic E-state index is -3.83. The van der Waals surface area contributed by atoms with Crippen molar-refractivity contribution in [2.24, 2.45) is 0 Å². The lowest BCUT2D eigenvalue weighted by Gasteiger charge is -2.22. The van der Waals surface area contributed by atoms with Crippen LogP contribution in [0.1, 0.15) is 12.5 Å². The first-order valence-corrected chi connectivity index (χ1v) is 10.2. The summed E-state index contributed by atoms with van der Waals surface area (Å²) in [6.45, 7) is 3.66. The monoisotopic (exact) mass is 403 g/mol. The molecule has 1 fully saturated rings. The third-order valence-electron chi connectivity index (χ3n) is 4.32. The van der Waals surface area contributed by atoms with E-state index >= 15 is 0 Å². The summed E-state index contributed by atoms with van der Waals surface area (Å²) in [4.78, 5) is 23.0. The molecule has 148 valence electrons. The molecule has 0 aromatic heterocycles. The van der Waals surface area contributed by atoms with E-state index in [0.717, 1.165) is 9.87 Å². The molecule has 0 aliphatic carbocycles. The number of nitrogens with one attached hydrogen (secondary N) is 2. The second-order valence-corrected chi connectivity index (χ2v) is 8.30. The van der Waals surface area contributed by atoms with Gasteiger partial charge in [0.05, 0.1) is 4.90 Å². The summed E-state index contributed by atoms with van der Waals surface area (Å²) in [5, 5.41) is 4.50. The Bertz CT molecular complexity index is 972. The van der Waals surface area contributed by atoms with Gasteiger partial charge in [-0.05, 0) is 43.3 Å². The molecule has 28 heavy (non-hydrogen) atoms. The van der Waals surface area contributed by atoms with Crippen molar-refractivity contribution in [3.8, 4) is 11.5 Å². The smallest absolute Gasteiger partial charge is 0.322 e. The van der Waals surface area contributed by atoms with Crippen molar-refractivity contribution in [1.29, 1.82) is 0 Å². The van der Waals surface area contributed by atoms with Crippen LogP contribution in [0, 0.1) is 6.92 Å². The number of benzene rings is 2. The number of urea groups is 1. The van der Waals surface area contributed by atoms with E-state index < -0.39 is 28.0 Å². The number of likely N-dealkylation sites (N-methyl/N-ethyl adjacent to an activating group) is 1. The van der Waals surface area contributed by atoms with E-state index in [0.29, 0.717) is 11.5 Å². The fourth-order valence-corrected chi connectivity index (χ4v) is 4.22. The van der Waals surface area contributed by atoms with Crippen molar-refractivity contribution in [3.63, 3.8) is 0 Å². The zero-order valence-corrected chi connectivity index (χ0v) is 16.3. The van der Waals surface area contributed by atoms with Crippen molar-refractivity contribution in [2.45, 2.75) is 24.8 Å². The highest BCUT2D eigenvalue weighted by Crippen LogP contribution is 2.24. The number of carbonyl (C=O) groups excluding carboxylic acids is 2. The van der Waals surface area contributed by atoms with Crippen molar-refractivity contribution in [2.75, 3.05) is 13.1 Å². The first-order chi connectivity index (χ1) is 13.3. The molecule has 1 saturated heterocycles. The number of amides is 3. The van der Waals surface area contributed by atoms with Gasteiger partial charge in [0.15, 0.2) is 0 Å². The number of rotatable bonds is 7. The number of sulfonamides is 1. The predicted octanol–water partition coefficient (Wildman–Crippen LogP) is 2.01. The molecule has 1 aliphatic heterocycles. The van der Waals surface area contributed by atoms with Crippen molar-refractivity contribution in [1.82, 2.24) is 14.9 Å². The summed E-state index contributed by atoms with van der Waals surface area (Å²) < 4.78 is 32.6. The molecule has 1 heterocycles. The Morgan fingerprint density at radius 1 is 1.00 bits per heavy atom. The van der Waals surface area contributed by atoms with Gasteiger partial charge in [0.1, 0.15) is 17.5 Å². The highest BCUT2D eigenvalue weighted by atomic mass is 32.2. The third kappa shape index (κ3) is 4.32. The molecule has 2 N–H and O–H groups in total. The van der Waals surface area contributed by atoms with E-state index in [1.165, 1.54) is 12.1 Å². The van der Waals surface area contributed by atoms with Gasteiger partial charge in [0.25, 0.3) is 5.91 Å². The SMILES string of the molecule is CCN(C[C@@H]1NC(=O)NC1=O)S(=O)(=O)c1ccc(Oc2ccc(C)cc2)cc1. The quantitative estimate of drug-likeness (QED) is 0.688. The molecule has 1 aliphatic rings. The molecule has 0 saturated carbocycles. The molecular weight excluding hydrogens is 382 g/mol. The summed E-state index contributed by atoms with van der Waals surface area (Å²) >= 11 is 0. The average molecular weight is 403 g/mol. The Balaban J connectivity index is 1.74. The molecule has 0 radical (unpaired) electrons. The lowest BCUT2D eigenvalue weighted by molar-refractivity contribution is -0.120. The van der Waals surface area contributed by atoms with Crippen LogP contribution >= 0.6 is 0 Å². The number of hydrogen-bond acceptors (Lipinski definition) is 5. The van der Waals surface area contributed by atoms with E-state index in [9.17, 15) is 18.0 Å². The predicted molar refractivity (Wildman–Crippen MR) is 103 cm³/mol. The second-order valence-electron chi connectivity index (χ2n) is 6.36. The van der Waals surface area contributed by atoms with Crippen LogP contribution in [0.15, 0.2) is 53.4 Å². The Morgan fingerprint density at radius 3 is 2.07 bits per heavy atom. The largest absolute Gasteiger partial charge is 0.457 e. The van der Waals surface area contributed by atoms with Crippen LogP contribution in [0.4, 0.5) is 4.79 Å². The van der Waals surface area contributed by atoms with E-state index in [2.05, 4.69) is 10.6 Å². The summed E-state index contributed by atoms with van der Waals surface area (Å²) in [5.74, 6) is 0.619. The van der Waals surface area contributed by atoms with Crippen LogP contribution in [0.5, 0.6) is 11.5 Å². The van der Waals surface area contributed by atoms with Gasteiger partial charge < -0.3 is 10.1 Å². The molecule has 3 rings (SSSR count). The fourth-order valence-electron chi connectivity index (χ4n) is 2.76. The molecule has 2 aromatic carbocycles. The van der Waals surface area contributed by atoms with Crippen LogP contribution in [-0.2, 0) is 14.8 Å². The third-order valence-corrected chi connectivity index (χ3v) is 6.27. The standard InChI is InChI=1S/C19H21N3O5S/c1-3-22(12-17-18(23)21-19(24)20-17)28(25,26)16-10-8-15(9-11-16)27-14-6-4-13(2)5-7-14/h4-11,17H,3,12H2,1-2H3,(H2,20,21,23,24)/t17-/m0/s1. The first-order valence-electron chi connectivity index (χ1n) is 8.75. The zero-order chi connectivity index (χ0) is 20.3. The van der Waals surface area contributed by atoms with E-state index in [1.54, 1.807) is 19.1 Å². The minimum absolute atomic E-state index is 0.0790. The highest BCUT2D eigenvalue weighted by molar-refractivity contribution is 7.89. The van der Waals surface area contributed by atoms with Gasteiger partial charge >= 0.3 is 6.03 Å². The molecule has 3 amide bonds. The molecule has 9 heteroatoms. The maximum Gasteiger partial charge on any atom is 0.322 e. The maximum absolute atomic E-state index is 12.9. The van der Waals surface area contributed by atoms with Gasteiger partial charge in [-0.2, -0.15) is 4.31 Å². The van der Waals surface area contributed by atoms with E-state index in [4.69, 9.17) is 4.74 Å². The van der Waals surface area contributed by atoms with Crippen molar-refractivity contribution < 1.29 is 22.7 Å². The highest BCUT2D eigenvalue weighted by Gasteiger charge is 2.34. The van der Waals surface area contributed by atoms with Gasteiger partial charge in [0, 0.05) is 13.1 Å². The molecular formula is C19H21N3O5S. The molecule has 0 spiro atoms. The van der Waals surface area contributed by atoms with Gasteiger partial charge in [-0.25, -0.2) is 13.2 Å². The van der Waals surface area contributed by atoms with Crippen LogP contribution in [-0.4, -0.2) is 43.8 Å². The Hall–Kier alpha value is -2.91. The van der Waals surface area contributed by atoms with Crippen LogP contribution in [0.2, 0.25) is 0 Å². The Morgan fingerprint density at radius 2 is 1.57 bits per heavy atom. The van der Waals surface area contributed by atoms with E-state index in [1.807, 2.05) is 31.2 Å². The number of imide groups is 1. The van der Waals surface area contributed by atoms with Crippen molar-refractivity contribution in [3.05, 3.63) is 54.1 Å². The summed E-state index contributed by atoms with van der Waals surface area (Å²) in [6.07, 6.45) is 0. The maximum atomic E-state index is 12.9. The molecule has 0 unspecified atom stereocenters. The lowest BCUT2D eigenvalue weighted by Crippen LogP contribution is -2.44. The van der Waals surface area contributed by atoms with Gasteiger partial charge in [-0.15, -0.1) is 0 Å². The normalized spacial score (nSPS) is 16.8. The van der Waals surface area contributed by atoms with Crippen LogP contribution in [0.25, 0.3) is 0 Å². The second kappa shape index (κ2) is 7.99. The van der Waals surface area contributed by atoms with Crippen molar-refractivity contribution >= 4 is 22.0 Å². The number of ether oxygens (including phenoxy) is 1. The first kappa shape index (κ1) is 19.8. The lowest BCUT2D eigenvalue weighted by atomic mass is 10.2. The zero-order valence-electron chi connectivity index (χ0n) is 15.5. The fraction of sp³-hybridized carbons (Fsp3) is 0.263. The van der Waals surface area contributed by atoms with Gasteiger partial charge in [-0.1, -0.05) is 24.6 Å². The molecule has 8 nitrogen and oxygen atoms in total. The van der Waals surface area contributed by atoms with Gasteiger partial charge in [0.2, 0.25) is 10.0 Å². The molecule has 1 atom stereocenters. The van der Waals surface area contributed by atoms with Crippen LogP contribution in [0.3, 0.4) is 0 Å². The molecule has 0 bridgehead atoms. The molecule has 2 aromatic rings. The number of hydrogen-bond donors (Lipinski definition) is 2. The summed E-state index contributed by atoms with van der Waals surface area (Å²) in [7, 11) is -3.83. The summed E-state index contributed by atoms with van der Waals surface area (Å²) in [5.41, 5.74) is 1.11. The Labute approximate surface area is 163 Å². The average Bonchev–Trinajstić information content (AvgIpc) is 2.99. The number of nitrogens with zero attached hydrogens (tertiary/aromatic N) is 1. The number of aryl methyl sites for hydroxylation is 1. The van der Waals surface area contributed by atoms with Crippen LogP contribution < -0.4 is 15.4 Å². The van der Waals surface area contributed by atoms with E-state index in [-0.39, 0.29) is 18.0 Å². The minimum Gasteiger partial charge on any atom is -0.457 e. The summed E-state index contributed by atoms with van der Waals surface area (Å²) in [6, 6.07) is 12.0. The number of carbonyl (C=O) groups is 2. The van der Waals surface area contributed by atoms with Gasteiger partial charge in [-0.3, -0.25) is 10.1 Å². The Kier molecular flexibility index (Phi) is 5.66.